The normalized spacial score (nSPS) is 20.8. The van der Waals surface area contributed by atoms with Crippen LogP contribution in [0.2, 0.25) is 0 Å². The zero-order chi connectivity index (χ0) is 13.2. The predicted octanol–water partition coefficient (Wildman–Crippen LogP) is 0.300. The summed E-state index contributed by atoms with van der Waals surface area (Å²) in [5, 5.41) is 3.46. The molecule has 3 rings (SSSR count). The van der Waals surface area contributed by atoms with E-state index in [2.05, 4.69) is 36.4 Å². The van der Waals surface area contributed by atoms with E-state index in [-0.39, 0.29) is 0 Å². The third-order valence-electron chi connectivity index (χ3n) is 3.79. The largest absolute Gasteiger partial charge is 0.337 e. The van der Waals surface area contributed by atoms with Crippen molar-refractivity contribution in [3.63, 3.8) is 0 Å². The first kappa shape index (κ1) is 12.4. The van der Waals surface area contributed by atoms with Crippen molar-refractivity contribution < 1.29 is 0 Å². The molecule has 0 spiro atoms. The Morgan fingerprint density at radius 3 is 2.95 bits per heavy atom. The SMILES string of the molecule is Cn1cncc1CN1CCNCC1c1nccn1C. The molecule has 0 aromatic carbocycles. The summed E-state index contributed by atoms with van der Waals surface area (Å²) in [5.74, 6) is 1.12. The fourth-order valence-corrected chi connectivity index (χ4v) is 2.63. The van der Waals surface area contributed by atoms with Crippen LogP contribution >= 0.6 is 0 Å². The molecule has 2 aromatic rings. The molecule has 1 N–H and O–H groups in total. The average molecular weight is 260 g/mol. The van der Waals surface area contributed by atoms with E-state index in [1.807, 2.05) is 32.0 Å². The Balaban J connectivity index is 1.82. The van der Waals surface area contributed by atoms with Gasteiger partial charge in [0.2, 0.25) is 0 Å². The quantitative estimate of drug-likeness (QED) is 0.862. The molecule has 1 unspecified atom stereocenters. The zero-order valence-corrected chi connectivity index (χ0v) is 11.5. The van der Waals surface area contributed by atoms with Gasteiger partial charge in [-0.05, 0) is 0 Å². The van der Waals surface area contributed by atoms with E-state index in [9.17, 15) is 0 Å². The molecular formula is C13H20N6. The molecule has 19 heavy (non-hydrogen) atoms. The van der Waals surface area contributed by atoms with Crippen molar-refractivity contribution >= 4 is 0 Å². The molecule has 1 aliphatic rings. The van der Waals surface area contributed by atoms with Crippen LogP contribution in [0.3, 0.4) is 0 Å². The number of hydrogen-bond acceptors (Lipinski definition) is 4. The standard InChI is InChI=1S/C13H20N6/c1-17-5-4-16-13(17)12-8-14-3-6-19(12)9-11-7-15-10-18(11)2/h4-5,7,10,12,14H,3,6,8-9H2,1-2H3. The van der Waals surface area contributed by atoms with Gasteiger partial charge in [0.15, 0.2) is 0 Å². The van der Waals surface area contributed by atoms with Crippen LogP contribution in [0.5, 0.6) is 0 Å². The van der Waals surface area contributed by atoms with Gasteiger partial charge in [0.05, 0.1) is 18.1 Å². The van der Waals surface area contributed by atoms with Crippen molar-refractivity contribution in [1.82, 2.24) is 29.3 Å². The number of nitrogens with one attached hydrogen (secondary N) is 1. The molecule has 0 amide bonds. The fourth-order valence-electron chi connectivity index (χ4n) is 2.63. The third-order valence-corrected chi connectivity index (χ3v) is 3.79. The Kier molecular flexibility index (Phi) is 3.35. The maximum absolute atomic E-state index is 4.50. The molecule has 0 saturated carbocycles. The summed E-state index contributed by atoms with van der Waals surface area (Å²) < 4.78 is 4.19. The second kappa shape index (κ2) is 5.14. The molecule has 6 heteroatoms. The van der Waals surface area contributed by atoms with E-state index in [1.54, 1.807) is 0 Å². The number of imidazole rings is 2. The smallest absolute Gasteiger partial charge is 0.127 e. The topological polar surface area (TPSA) is 50.9 Å². The zero-order valence-electron chi connectivity index (χ0n) is 11.5. The van der Waals surface area contributed by atoms with Gasteiger partial charge in [-0.1, -0.05) is 0 Å². The van der Waals surface area contributed by atoms with Gasteiger partial charge in [-0.3, -0.25) is 4.90 Å². The van der Waals surface area contributed by atoms with Crippen LogP contribution in [-0.2, 0) is 20.6 Å². The van der Waals surface area contributed by atoms with Crippen molar-refractivity contribution in [3.05, 3.63) is 36.4 Å². The Hall–Kier alpha value is -1.66. The van der Waals surface area contributed by atoms with Crippen LogP contribution in [0.25, 0.3) is 0 Å². The van der Waals surface area contributed by atoms with E-state index in [4.69, 9.17) is 0 Å². The summed E-state index contributed by atoms with van der Waals surface area (Å²) in [6.45, 7) is 3.92. The highest BCUT2D eigenvalue weighted by atomic mass is 15.3. The number of piperazine rings is 1. The monoisotopic (exact) mass is 260 g/mol. The molecular weight excluding hydrogens is 240 g/mol. The first-order valence-corrected chi connectivity index (χ1v) is 6.63. The Morgan fingerprint density at radius 1 is 1.37 bits per heavy atom. The number of rotatable bonds is 3. The second-order valence-electron chi connectivity index (χ2n) is 5.08. The summed E-state index contributed by atoms with van der Waals surface area (Å²) in [4.78, 5) is 11.2. The van der Waals surface area contributed by atoms with Crippen LogP contribution < -0.4 is 5.32 Å². The van der Waals surface area contributed by atoms with Crippen molar-refractivity contribution in [3.8, 4) is 0 Å². The van der Waals surface area contributed by atoms with E-state index in [1.165, 1.54) is 5.69 Å². The fraction of sp³-hybridized carbons (Fsp3) is 0.538. The first-order valence-electron chi connectivity index (χ1n) is 6.63. The Bertz CT molecular complexity index is 543. The van der Waals surface area contributed by atoms with E-state index >= 15 is 0 Å². The highest BCUT2D eigenvalue weighted by Gasteiger charge is 2.27. The van der Waals surface area contributed by atoms with Crippen LogP contribution in [-0.4, -0.2) is 43.6 Å². The molecule has 1 fully saturated rings. The van der Waals surface area contributed by atoms with Gasteiger partial charge in [-0.25, -0.2) is 9.97 Å². The summed E-state index contributed by atoms with van der Waals surface area (Å²) >= 11 is 0. The molecule has 1 aliphatic heterocycles. The summed E-state index contributed by atoms with van der Waals surface area (Å²) in [6.07, 6.45) is 7.67. The van der Waals surface area contributed by atoms with Gasteiger partial charge < -0.3 is 14.5 Å². The lowest BCUT2D eigenvalue weighted by Crippen LogP contribution is -2.46. The lowest BCUT2D eigenvalue weighted by Gasteiger charge is -2.35. The highest BCUT2D eigenvalue weighted by Crippen LogP contribution is 2.22. The summed E-state index contributed by atoms with van der Waals surface area (Å²) in [6, 6.07) is 0.323. The minimum Gasteiger partial charge on any atom is -0.337 e. The molecule has 1 atom stereocenters. The molecule has 1 saturated heterocycles. The van der Waals surface area contributed by atoms with E-state index in [0.29, 0.717) is 6.04 Å². The van der Waals surface area contributed by atoms with Crippen molar-refractivity contribution in [2.45, 2.75) is 12.6 Å². The maximum atomic E-state index is 4.50. The average Bonchev–Trinajstić information content (AvgIpc) is 3.00. The summed E-state index contributed by atoms with van der Waals surface area (Å²) in [7, 11) is 4.10. The van der Waals surface area contributed by atoms with Crippen molar-refractivity contribution in [2.24, 2.45) is 14.1 Å². The molecule has 6 nitrogen and oxygen atoms in total. The van der Waals surface area contributed by atoms with E-state index < -0.39 is 0 Å². The van der Waals surface area contributed by atoms with Crippen LogP contribution in [0.1, 0.15) is 17.6 Å². The minimum atomic E-state index is 0.323. The predicted molar refractivity (Wildman–Crippen MR) is 72.4 cm³/mol. The minimum absolute atomic E-state index is 0.323. The van der Waals surface area contributed by atoms with Crippen LogP contribution in [0, 0.1) is 0 Å². The van der Waals surface area contributed by atoms with Gasteiger partial charge >= 0.3 is 0 Å². The lowest BCUT2D eigenvalue weighted by molar-refractivity contribution is 0.142. The molecule has 0 radical (unpaired) electrons. The lowest BCUT2D eigenvalue weighted by atomic mass is 10.1. The Morgan fingerprint density at radius 2 is 2.26 bits per heavy atom. The molecule has 0 aliphatic carbocycles. The first-order chi connectivity index (χ1) is 9.25. The van der Waals surface area contributed by atoms with Gasteiger partial charge in [-0.15, -0.1) is 0 Å². The van der Waals surface area contributed by atoms with Gasteiger partial charge in [0.1, 0.15) is 5.82 Å². The number of hydrogen-bond donors (Lipinski definition) is 1. The molecule has 0 bridgehead atoms. The van der Waals surface area contributed by atoms with Crippen LogP contribution in [0.4, 0.5) is 0 Å². The van der Waals surface area contributed by atoms with Crippen molar-refractivity contribution in [2.75, 3.05) is 19.6 Å². The van der Waals surface area contributed by atoms with Gasteiger partial charge in [0.25, 0.3) is 0 Å². The van der Waals surface area contributed by atoms with E-state index in [0.717, 1.165) is 32.0 Å². The molecule has 102 valence electrons. The highest BCUT2D eigenvalue weighted by molar-refractivity contribution is 5.05. The maximum Gasteiger partial charge on any atom is 0.127 e. The second-order valence-corrected chi connectivity index (χ2v) is 5.08. The summed E-state index contributed by atoms with van der Waals surface area (Å²) in [5.41, 5.74) is 1.24. The molecule has 3 heterocycles. The number of aromatic nitrogens is 4. The third kappa shape index (κ3) is 2.41. The number of aryl methyl sites for hydroxylation is 2. The van der Waals surface area contributed by atoms with Gasteiger partial charge in [-0.2, -0.15) is 0 Å². The molecule has 2 aromatic heterocycles. The Labute approximate surface area is 113 Å². The van der Waals surface area contributed by atoms with Crippen molar-refractivity contribution in [1.29, 1.82) is 0 Å². The number of nitrogens with zero attached hydrogens (tertiary/aromatic N) is 5. The van der Waals surface area contributed by atoms with Gasteiger partial charge in [0, 0.05) is 58.9 Å². The van der Waals surface area contributed by atoms with Crippen LogP contribution in [0.15, 0.2) is 24.9 Å².